The van der Waals surface area contributed by atoms with Crippen LogP contribution in [0, 0.1) is 0 Å². The molecule has 1 aromatic heterocycles. The number of hydrogen-bond acceptors (Lipinski definition) is 4. The van der Waals surface area contributed by atoms with Crippen molar-refractivity contribution in [3.63, 3.8) is 0 Å². The van der Waals surface area contributed by atoms with E-state index in [1.54, 1.807) is 0 Å². The summed E-state index contributed by atoms with van der Waals surface area (Å²) in [6, 6.07) is 9.13. The summed E-state index contributed by atoms with van der Waals surface area (Å²) in [6.45, 7) is 3.37. The second-order valence-corrected chi connectivity index (χ2v) is 7.56. The van der Waals surface area contributed by atoms with Gasteiger partial charge < -0.3 is 9.47 Å². The third-order valence-corrected chi connectivity index (χ3v) is 6.03. The number of hydrogen-bond donors (Lipinski definition) is 0. The number of ether oxygens (including phenoxy) is 2. The number of nitrogens with zero attached hydrogens (tertiary/aromatic N) is 1. The average Bonchev–Trinajstić information content (AvgIpc) is 3.18. The summed E-state index contributed by atoms with van der Waals surface area (Å²) < 4.78 is 12.5. The number of thiophene rings is 1. The Morgan fingerprint density at radius 2 is 2.05 bits per heavy atom. The van der Waals surface area contributed by atoms with Gasteiger partial charge in [0, 0.05) is 21.9 Å². The zero-order valence-electron chi connectivity index (χ0n) is 12.3. The van der Waals surface area contributed by atoms with Crippen LogP contribution in [0.3, 0.4) is 0 Å². The Kier molecular flexibility index (Phi) is 4.11. The molecule has 0 bridgehead atoms. The smallest absolute Gasteiger partial charge is 0.162 e. The van der Waals surface area contributed by atoms with E-state index in [1.165, 1.54) is 23.3 Å². The molecule has 116 valence electrons. The van der Waals surface area contributed by atoms with E-state index in [2.05, 4.69) is 44.4 Å². The minimum atomic E-state index is 0.556. The van der Waals surface area contributed by atoms with Crippen LogP contribution in [0.25, 0.3) is 0 Å². The maximum absolute atomic E-state index is 5.72. The quantitative estimate of drug-likeness (QED) is 0.776. The molecule has 1 saturated heterocycles. The molecule has 0 amide bonds. The van der Waals surface area contributed by atoms with Gasteiger partial charge in [0.15, 0.2) is 11.5 Å². The molecule has 1 aromatic carbocycles. The van der Waals surface area contributed by atoms with E-state index in [4.69, 9.17) is 9.47 Å². The summed E-state index contributed by atoms with van der Waals surface area (Å²) in [4.78, 5) is 4.05. The Labute approximate surface area is 143 Å². The Hall–Kier alpha value is -1.04. The molecule has 2 aromatic rings. The minimum absolute atomic E-state index is 0.556. The number of fused-ring (bicyclic) bond motifs is 1. The van der Waals surface area contributed by atoms with Crippen molar-refractivity contribution in [3.05, 3.63) is 44.6 Å². The van der Waals surface area contributed by atoms with Gasteiger partial charge in [0.25, 0.3) is 0 Å². The van der Waals surface area contributed by atoms with Crippen LogP contribution in [-0.4, -0.2) is 24.7 Å². The predicted molar refractivity (Wildman–Crippen MR) is 91.8 cm³/mol. The fraction of sp³-hybridized carbons (Fsp3) is 0.412. The standard InChI is InChI=1S/C17H18BrNO2S/c18-13-10-16-15(20-6-7-21-16)9-12(13)11-19-5-1-3-14(19)17-4-2-8-22-17/h2,4,8-10,14H,1,3,5-7,11H2/t14-/m1/s1. The molecule has 22 heavy (non-hydrogen) atoms. The molecule has 0 aliphatic carbocycles. The van der Waals surface area contributed by atoms with E-state index >= 15 is 0 Å². The first-order valence-corrected chi connectivity index (χ1v) is 9.34. The van der Waals surface area contributed by atoms with Crippen molar-refractivity contribution in [2.45, 2.75) is 25.4 Å². The summed E-state index contributed by atoms with van der Waals surface area (Å²) >= 11 is 5.56. The summed E-state index contributed by atoms with van der Waals surface area (Å²) in [5.41, 5.74) is 1.27. The van der Waals surface area contributed by atoms with Crippen molar-refractivity contribution in [3.8, 4) is 11.5 Å². The lowest BCUT2D eigenvalue weighted by Gasteiger charge is -2.25. The summed E-state index contributed by atoms with van der Waals surface area (Å²) in [7, 11) is 0. The maximum Gasteiger partial charge on any atom is 0.162 e. The zero-order valence-corrected chi connectivity index (χ0v) is 14.7. The SMILES string of the molecule is Brc1cc2c(cc1CN1CCC[C@@H]1c1cccs1)OCCO2. The lowest BCUT2D eigenvalue weighted by molar-refractivity contribution is 0.170. The Balaban J connectivity index is 1.58. The Morgan fingerprint density at radius 3 is 2.82 bits per heavy atom. The van der Waals surface area contributed by atoms with Crippen LogP contribution in [0.2, 0.25) is 0 Å². The highest BCUT2D eigenvalue weighted by Crippen LogP contribution is 2.39. The molecule has 1 atom stereocenters. The van der Waals surface area contributed by atoms with Crippen LogP contribution in [0.1, 0.15) is 29.3 Å². The molecule has 4 rings (SSSR count). The summed E-state index contributed by atoms with van der Waals surface area (Å²) in [5, 5.41) is 2.17. The van der Waals surface area contributed by atoms with Crippen molar-refractivity contribution in [2.75, 3.05) is 19.8 Å². The zero-order chi connectivity index (χ0) is 14.9. The summed E-state index contributed by atoms with van der Waals surface area (Å²) in [5.74, 6) is 1.72. The van der Waals surface area contributed by atoms with Crippen molar-refractivity contribution < 1.29 is 9.47 Å². The molecule has 0 radical (unpaired) electrons. The first-order valence-electron chi connectivity index (χ1n) is 7.67. The Morgan fingerprint density at radius 1 is 1.23 bits per heavy atom. The molecule has 3 nitrogen and oxygen atoms in total. The molecule has 2 aliphatic rings. The first-order chi connectivity index (χ1) is 10.8. The highest BCUT2D eigenvalue weighted by molar-refractivity contribution is 9.10. The van der Waals surface area contributed by atoms with E-state index in [9.17, 15) is 0 Å². The van der Waals surface area contributed by atoms with E-state index in [0.29, 0.717) is 19.3 Å². The minimum Gasteiger partial charge on any atom is -0.486 e. The number of rotatable bonds is 3. The van der Waals surface area contributed by atoms with Gasteiger partial charge in [-0.25, -0.2) is 0 Å². The fourth-order valence-electron chi connectivity index (χ4n) is 3.26. The van der Waals surface area contributed by atoms with Crippen molar-refractivity contribution in [1.29, 1.82) is 0 Å². The highest BCUT2D eigenvalue weighted by Gasteiger charge is 2.27. The van der Waals surface area contributed by atoms with E-state index in [1.807, 2.05) is 17.4 Å². The molecular weight excluding hydrogens is 362 g/mol. The third-order valence-electron chi connectivity index (χ3n) is 4.32. The fourth-order valence-corrected chi connectivity index (χ4v) is 4.61. The van der Waals surface area contributed by atoms with Crippen molar-refractivity contribution >= 4 is 27.3 Å². The van der Waals surface area contributed by atoms with Crippen LogP contribution < -0.4 is 9.47 Å². The van der Waals surface area contributed by atoms with Gasteiger partial charge in [0.2, 0.25) is 0 Å². The highest BCUT2D eigenvalue weighted by atomic mass is 79.9. The average molecular weight is 380 g/mol. The van der Waals surface area contributed by atoms with Gasteiger partial charge >= 0.3 is 0 Å². The predicted octanol–water partition coefficient (Wildman–Crippen LogP) is 4.62. The molecule has 0 unspecified atom stereocenters. The van der Waals surface area contributed by atoms with Gasteiger partial charge in [-0.05, 0) is 48.5 Å². The van der Waals surface area contributed by atoms with Crippen molar-refractivity contribution in [1.82, 2.24) is 4.90 Å². The maximum atomic E-state index is 5.72. The van der Waals surface area contributed by atoms with Crippen LogP contribution >= 0.6 is 27.3 Å². The van der Waals surface area contributed by atoms with Crippen LogP contribution in [0.4, 0.5) is 0 Å². The first kappa shape index (κ1) is 14.5. The molecule has 1 fully saturated rings. The molecule has 5 heteroatoms. The van der Waals surface area contributed by atoms with Crippen LogP contribution in [0.5, 0.6) is 11.5 Å². The van der Waals surface area contributed by atoms with Crippen LogP contribution in [0.15, 0.2) is 34.1 Å². The molecule has 0 N–H and O–H groups in total. The lowest BCUT2D eigenvalue weighted by atomic mass is 10.1. The van der Waals surface area contributed by atoms with E-state index in [0.717, 1.165) is 29.1 Å². The second-order valence-electron chi connectivity index (χ2n) is 5.73. The van der Waals surface area contributed by atoms with Gasteiger partial charge in [-0.2, -0.15) is 0 Å². The molecule has 3 heterocycles. The normalized spacial score (nSPS) is 21.2. The van der Waals surface area contributed by atoms with Gasteiger partial charge in [-0.3, -0.25) is 4.90 Å². The second kappa shape index (κ2) is 6.22. The Bertz CT molecular complexity index is 659. The number of likely N-dealkylation sites (tertiary alicyclic amines) is 1. The van der Waals surface area contributed by atoms with E-state index < -0.39 is 0 Å². The lowest BCUT2D eigenvalue weighted by Crippen LogP contribution is -2.23. The molecule has 0 saturated carbocycles. The molecular formula is C17H18BrNO2S. The topological polar surface area (TPSA) is 21.7 Å². The van der Waals surface area contributed by atoms with Gasteiger partial charge in [0.05, 0.1) is 0 Å². The monoisotopic (exact) mass is 379 g/mol. The van der Waals surface area contributed by atoms with Crippen molar-refractivity contribution in [2.24, 2.45) is 0 Å². The number of benzene rings is 1. The van der Waals surface area contributed by atoms with E-state index in [-0.39, 0.29) is 0 Å². The van der Waals surface area contributed by atoms with Gasteiger partial charge in [0.1, 0.15) is 13.2 Å². The van der Waals surface area contributed by atoms with Gasteiger partial charge in [-0.15, -0.1) is 11.3 Å². The summed E-state index contributed by atoms with van der Waals surface area (Å²) in [6.07, 6.45) is 2.52. The number of halogens is 1. The largest absolute Gasteiger partial charge is 0.486 e. The molecule has 2 aliphatic heterocycles. The third kappa shape index (κ3) is 2.77. The van der Waals surface area contributed by atoms with Gasteiger partial charge in [-0.1, -0.05) is 22.0 Å². The van der Waals surface area contributed by atoms with Crippen LogP contribution in [-0.2, 0) is 6.54 Å². The molecule has 0 spiro atoms.